The van der Waals surface area contributed by atoms with Crippen molar-refractivity contribution in [2.75, 3.05) is 0 Å². The van der Waals surface area contributed by atoms with E-state index in [-0.39, 0.29) is 24.4 Å². The second-order valence-corrected chi connectivity index (χ2v) is 6.18. The van der Waals surface area contributed by atoms with E-state index in [4.69, 9.17) is 38.4 Å². The van der Waals surface area contributed by atoms with Gasteiger partial charge in [-0.25, -0.2) is 0 Å². The molecule has 0 saturated carbocycles. The summed E-state index contributed by atoms with van der Waals surface area (Å²) in [4.78, 5) is 11.6. The molecule has 0 aliphatic rings. The standard InChI is InChI=1S/C15H21Cl2NO3.ClH/c1-8(2)14(10(4)20-15(19)9(3)18)21-13-6-5-11(16)7-12(13)17;/h5-10,14H,18H2,1-4H3;1H/t9-,10-,14+;/m0./s1. The highest BCUT2D eigenvalue weighted by atomic mass is 35.5. The van der Waals surface area contributed by atoms with Gasteiger partial charge in [-0.1, -0.05) is 37.0 Å². The zero-order valence-electron chi connectivity index (χ0n) is 13.0. The van der Waals surface area contributed by atoms with Crippen LogP contribution in [0.5, 0.6) is 5.75 Å². The monoisotopic (exact) mass is 369 g/mol. The number of carbonyl (C=O) groups is 1. The molecule has 0 saturated heterocycles. The Kier molecular flexibility index (Phi) is 9.16. The number of nitrogens with two attached hydrogens (primary N) is 1. The van der Waals surface area contributed by atoms with Crippen LogP contribution in [0.4, 0.5) is 0 Å². The van der Waals surface area contributed by atoms with Crippen molar-refractivity contribution in [2.45, 2.75) is 45.9 Å². The van der Waals surface area contributed by atoms with Crippen molar-refractivity contribution in [3.63, 3.8) is 0 Å². The number of hydrogen-bond donors (Lipinski definition) is 1. The largest absolute Gasteiger partial charge is 0.485 e. The Morgan fingerprint density at radius 3 is 2.23 bits per heavy atom. The van der Waals surface area contributed by atoms with E-state index >= 15 is 0 Å². The van der Waals surface area contributed by atoms with E-state index in [1.54, 1.807) is 32.0 Å². The average molecular weight is 371 g/mol. The Hall–Kier alpha value is -0.680. The highest BCUT2D eigenvalue weighted by molar-refractivity contribution is 6.35. The molecular weight excluding hydrogens is 349 g/mol. The summed E-state index contributed by atoms with van der Waals surface area (Å²) in [7, 11) is 0. The molecule has 0 aromatic heterocycles. The van der Waals surface area contributed by atoms with Gasteiger partial charge in [-0.3, -0.25) is 4.79 Å². The van der Waals surface area contributed by atoms with Crippen LogP contribution in [0.15, 0.2) is 18.2 Å². The van der Waals surface area contributed by atoms with E-state index < -0.39 is 18.1 Å². The quantitative estimate of drug-likeness (QED) is 0.766. The summed E-state index contributed by atoms with van der Waals surface area (Å²) in [5.41, 5.74) is 5.50. The smallest absolute Gasteiger partial charge is 0.323 e. The second kappa shape index (κ2) is 9.46. The molecule has 2 N–H and O–H groups in total. The first kappa shape index (κ1) is 21.3. The van der Waals surface area contributed by atoms with Gasteiger partial charge in [0.25, 0.3) is 0 Å². The predicted octanol–water partition coefficient (Wildman–Crippen LogP) is 4.10. The Morgan fingerprint density at radius 1 is 1.18 bits per heavy atom. The van der Waals surface area contributed by atoms with Gasteiger partial charge in [-0.2, -0.15) is 0 Å². The molecule has 22 heavy (non-hydrogen) atoms. The zero-order valence-corrected chi connectivity index (χ0v) is 15.3. The van der Waals surface area contributed by atoms with Crippen LogP contribution in [-0.4, -0.2) is 24.2 Å². The molecular formula is C15H22Cl3NO3. The summed E-state index contributed by atoms with van der Waals surface area (Å²) in [5, 5.41) is 0.948. The van der Waals surface area contributed by atoms with Crippen molar-refractivity contribution in [1.29, 1.82) is 0 Å². The second-order valence-electron chi connectivity index (χ2n) is 5.33. The van der Waals surface area contributed by atoms with Crippen LogP contribution in [0.25, 0.3) is 0 Å². The van der Waals surface area contributed by atoms with Crippen LogP contribution in [0.2, 0.25) is 10.0 Å². The SMILES string of the molecule is CC(C)[C@@H](Oc1ccc(Cl)cc1Cl)[C@H](C)OC(=O)[C@H](C)N.Cl. The summed E-state index contributed by atoms with van der Waals surface area (Å²) in [6.45, 7) is 7.31. The van der Waals surface area contributed by atoms with Gasteiger partial charge in [0.1, 0.15) is 24.0 Å². The van der Waals surface area contributed by atoms with Crippen LogP contribution in [0.3, 0.4) is 0 Å². The normalized spacial score (nSPS) is 14.7. The van der Waals surface area contributed by atoms with E-state index in [0.29, 0.717) is 15.8 Å². The summed E-state index contributed by atoms with van der Waals surface area (Å²) >= 11 is 12.0. The van der Waals surface area contributed by atoms with E-state index in [2.05, 4.69) is 0 Å². The Bertz CT molecular complexity index is 495. The van der Waals surface area contributed by atoms with Crippen molar-refractivity contribution in [3.05, 3.63) is 28.2 Å². The predicted molar refractivity (Wildman–Crippen MR) is 92.2 cm³/mol. The van der Waals surface area contributed by atoms with E-state index in [9.17, 15) is 4.79 Å². The maximum absolute atomic E-state index is 11.6. The minimum atomic E-state index is -0.667. The van der Waals surface area contributed by atoms with E-state index in [1.807, 2.05) is 13.8 Å². The average Bonchev–Trinajstić information content (AvgIpc) is 2.36. The van der Waals surface area contributed by atoms with Crippen molar-refractivity contribution in [1.82, 2.24) is 0 Å². The van der Waals surface area contributed by atoms with E-state index in [1.165, 1.54) is 0 Å². The lowest BCUT2D eigenvalue weighted by molar-refractivity contribution is -0.155. The number of esters is 1. The molecule has 0 aliphatic heterocycles. The minimum absolute atomic E-state index is 0. The van der Waals surface area contributed by atoms with Crippen LogP contribution >= 0.6 is 35.6 Å². The highest BCUT2D eigenvalue weighted by Crippen LogP contribution is 2.30. The fourth-order valence-corrected chi connectivity index (χ4v) is 2.30. The maximum Gasteiger partial charge on any atom is 0.323 e. The Morgan fingerprint density at radius 2 is 1.77 bits per heavy atom. The molecule has 1 aromatic rings. The first-order chi connectivity index (χ1) is 9.72. The van der Waals surface area contributed by atoms with Gasteiger partial charge in [-0.15, -0.1) is 12.4 Å². The van der Waals surface area contributed by atoms with Crippen molar-refractivity contribution in [2.24, 2.45) is 11.7 Å². The minimum Gasteiger partial charge on any atom is -0.485 e. The molecule has 3 atom stereocenters. The van der Waals surface area contributed by atoms with Gasteiger partial charge in [0, 0.05) is 5.02 Å². The van der Waals surface area contributed by atoms with Gasteiger partial charge < -0.3 is 15.2 Å². The topological polar surface area (TPSA) is 61.5 Å². The van der Waals surface area contributed by atoms with Crippen molar-refractivity contribution >= 4 is 41.6 Å². The molecule has 126 valence electrons. The van der Waals surface area contributed by atoms with Gasteiger partial charge >= 0.3 is 5.97 Å². The first-order valence-corrected chi connectivity index (χ1v) is 7.55. The summed E-state index contributed by atoms with van der Waals surface area (Å²) in [5.74, 6) is 0.162. The van der Waals surface area contributed by atoms with Gasteiger partial charge in [0.05, 0.1) is 5.02 Å². The van der Waals surface area contributed by atoms with Crippen molar-refractivity contribution < 1.29 is 14.3 Å². The third-order valence-corrected chi connectivity index (χ3v) is 3.48. The summed E-state index contributed by atoms with van der Waals surface area (Å²) in [6.07, 6.45) is -0.790. The number of hydrogen-bond acceptors (Lipinski definition) is 4. The molecule has 7 heteroatoms. The molecule has 0 bridgehead atoms. The molecule has 0 unspecified atom stereocenters. The van der Waals surface area contributed by atoms with Crippen molar-refractivity contribution in [3.8, 4) is 5.75 Å². The molecule has 0 radical (unpaired) electrons. The van der Waals surface area contributed by atoms with Gasteiger partial charge in [0.15, 0.2) is 0 Å². The molecule has 4 nitrogen and oxygen atoms in total. The van der Waals surface area contributed by atoms with Gasteiger partial charge in [0.2, 0.25) is 0 Å². The number of halogens is 3. The lowest BCUT2D eigenvalue weighted by Crippen LogP contribution is -2.41. The zero-order chi connectivity index (χ0) is 16.2. The highest BCUT2D eigenvalue weighted by Gasteiger charge is 2.27. The molecule has 0 fully saturated rings. The molecule has 0 amide bonds. The van der Waals surface area contributed by atoms with Crippen LogP contribution in [-0.2, 0) is 9.53 Å². The van der Waals surface area contributed by atoms with E-state index in [0.717, 1.165) is 0 Å². The Labute approximate surface area is 147 Å². The maximum atomic E-state index is 11.6. The van der Waals surface area contributed by atoms with Crippen LogP contribution in [0.1, 0.15) is 27.7 Å². The number of ether oxygens (including phenoxy) is 2. The third kappa shape index (κ3) is 6.21. The third-order valence-electron chi connectivity index (χ3n) is 2.95. The molecule has 1 rings (SSSR count). The molecule has 1 aromatic carbocycles. The fraction of sp³-hybridized carbons (Fsp3) is 0.533. The lowest BCUT2D eigenvalue weighted by atomic mass is 10.0. The van der Waals surface area contributed by atoms with Gasteiger partial charge in [-0.05, 0) is 38.0 Å². The summed E-state index contributed by atoms with van der Waals surface area (Å²) in [6, 6.07) is 4.33. The first-order valence-electron chi connectivity index (χ1n) is 6.80. The van der Waals surface area contributed by atoms with Crippen LogP contribution in [0, 0.1) is 5.92 Å². The van der Waals surface area contributed by atoms with Crippen LogP contribution < -0.4 is 10.5 Å². The molecule has 0 spiro atoms. The number of carbonyl (C=O) groups excluding carboxylic acids is 1. The Balaban J connectivity index is 0.00000441. The molecule has 0 aliphatic carbocycles. The summed E-state index contributed by atoms with van der Waals surface area (Å²) < 4.78 is 11.2. The number of rotatable bonds is 6. The lowest BCUT2D eigenvalue weighted by Gasteiger charge is -2.29. The number of benzene rings is 1. The fourth-order valence-electron chi connectivity index (χ4n) is 1.85. The molecule has 0 heterocycles.